The number of benzene rings is 2. The topological polar surface area (TPSA) is 79.4 Å². The summed E-state index contributed by atoms with van der Waals surface area (Å²) in [5.41, 5.74) is 3.89. The van der Waals surface area contributed by atoms with Crippen molar-refractivity contribution in [2.75, 3.05) is 28.1 Å². The quantitative estimate of drug-likeness (QED) is 0.487. The van der Waals surface area contributed by atoms with Crippen molar-refractivity contribution in [2.45, 2.75) is 20.0 Å². The van der Waals surface area contributed by atoms with E-state index in [0.29, 0.717) is 53.9 Å². The maximum atomic E-state index is 13.3. The lowest BCUT2D eigenvalue weighted by molar-refractivity contribution is 0.0865. The number of Topliss-reactive ketones (excluding diaryl/α,β-unsaturated/α-hetero) is 1. The Bertz CT molecular complexity index is 1320. The van der Waals surface area contributed by atoms with Gasteiger partial charge in [0.15, 0.2) is 17.3 Å². The number of allylic oxidation sites excluding steroid dienone is 1. The van der Waals surface area contributed by atoms with Crippen molar-refractivity contribution in [3.8, 4) is 28.7 Å². The highest BCUT2D eigenvalue weighted by atomic mass is 16.5. The molecule has 3 heterocycles. The predicted molar refractivity (Wildman–Crippen MR) is 129 cm³/mol. The van der Waals surface area contributed by atoms with Gasteiger partial charge in [-0.15, -0.1) is 0 Å². The number of carbonyl (C=O) groups is 1. The Morgan fingerprint density at radius 1 is 1.03 bits per heavy atom. The van der Waals surface area contributed by atoms with Crippen LogP contribution in [0.2, 0.25) is 0 Å². The highest BCUT2D eigenvalue weighted by molar-refractivity contribution is 6.15. The average Bonchev–Trinajstić information content (AvgIpc) is 3.19. The lowest BCUT2D eigenvalue weighted by atomic mass is 10.00. The minimum atomic E-state index is -0.190. The number of ketones is 1. The maximum Gasteiger partial charge on any atom is 0.231 e. The molecule has 0 saturated heterocycles. The van der Waals surface area contributed by atoms with Crippen molar-refractivity contribution >= 4 is 11.9 Å². The number of aromatic nitrogens is 1. The van der Waals surface area contributed by atoms with Crippen LogP contribution >= 0.6 is 0 Å². The van der Waals surface area contributed by atoms with Gasteiger partial charge in [0.2, 0.25) is 5.78 Å². The van der Waals surface area contributed by atoms with Crippen LogP contribution in [0, 0.1) is 6.92 Å². The Balaban J connectivity index is 1.45. The summed E-state index contributed by atoms with van der Waals surface area (Å²) in [5, 5.41) is 0. The first kappa shape index (κ1) is 22.7. The fourth-order valence-electron chi connectivity index (χ4n) is 4.43. The fourth-order valence-corrected chi connectivity index (χ4v) is 4.43. The molecule has 0 radical (unpaired) electrons. The van der Waals surface area contributed by atoms with Crippen LogP contribution in [0.25, 0.3) is 6.08 Å². The van der Waals surface area contributed by atoms with Gasteiger partial charge in [0, 0.05) is 42.0 Å². The van der Waals surface area contributed by atoms with Crippen molar-refractivity contribution in [1.82, 2.24) is 9.88 Å². The Morgan fingerprint density at radius 2 is 1.80 bits per heavy atom. The van der Waals surface area contributed by atoms with E-state index < -0.39 is 0 Å². The van der Waals surface area contributed by atoms with Crippen LogP contribution in [0.1, 0.15) is 32.7 Å². The minimum absolute atomic E-state index is 0.190. The zero-order valence-corrected chi connectivity index (χ0v) is 20.1. The van der Waals surface area contributed by atoms with Crippen LogP contribution in [0.3, 0.4) is 0 Å². The van der Waals surface area contributed by atoms with Crippen LogP contribution in [-0.2, 0) is 13.1 Å². The second-order valence-electron chi connectivity index (χ2n) is 8.34. The molecule has 3 aromatic rings. The number of hydrogen-bond donors (Lipinski definition) is 0. The molecule has 180 valence electrons. The summed E-state index contributed by atoms with van der Waals surface area (Å²) in [6, 6.07) is 11.2. The van der Waals surface area contributed by atoms with Crippen molar-refractivity contribution in [1.29, 1.82) is 0 Å². The molecule has 0 atom stereocenters. The molecule has 2 aliphatic heterocycles. The van der Waals surface area contributed by atoms with E-state index in [1.54, 1.807) is 45.7 Å². The normalized spacial score (nSPS) is 15.8. The Labute approximate surface area is 203 Å². The van der Waals surface area contributed by atoms with Crippen LogP contribution in [0.15, 0.2) is 48.4 Å². The summed E-state index contributed by atoms with van der Waals surface area (Å²) in [5.74, 6) is 2.90. The van der Waals surface area contributed by atoms with E-state index in [2.05, 4.69) is 9.88 Å². The molecular weight excluding hydrogens is 448 g/mol. The molecule has 0 amide bonds. The summed E-state index contributed by atoms with van der Waals surface area (Å²) in [7, 11) is 4.67. The molecule has 1 aromatic heterocycles. The van der Waals surface area contributed by atoms with E-state index in [1.165, 1.54) is 0 Å². The second kappa shape index (κ2) is 9.31. The standard InChI is InChI=1S/C27H26N2O6/c1-16-26-18(13-29(15-34-26)14-19-7-5-6-8-28-19)9-20-25(30)24(35-27(16)20)11-17-10-22(32-3)23(33-4)12-21(17)31-2/h5-12H,13-15H2,1-4H3/b24-11-. The van der Waals surface area contributed by atoms with Gasteiger partial charge in [-0.3, -0.25) is 14.7 Å². The molecule has 8 heteroatoms. The predicted octanol–water partition coefficient (Wildman–Crippen LogP) is 4.38. The first-order valence-corrected chi connectivity index (χ1v) is 11.2. The lowest BCUT2D eigenvalue weighted by Gasteiger charge is -2.30. The third-order valence-corrected chi connectivity index (χ3v) is 6.14. The summed E-state index contributed by atoms with van der Waals surface area (Å²) in [4.78, 5) is 19.9. The molecule has 2 aliphatic rings. The van der Waals surface area contributed by atoms with Gasteiger partial charge >= 0.3 is 0 Å². The Kier molecular flexibility index (Phi) is 6.05. The summed E-state index contributed by atoms with van der Waals surface area (Å²) in [6.07, 6.45) is 3.44. The second-order valence-corrected chi connectivity index (χ2v) is 8.34. The number of ether oxygens (including phenoxy) is 5. The summed E-state index contributed by atoms with van der Waals surface area (Å²) < 4.78 is 28.4. The molecule has 0 fully saturated rings. The van der Waals surface area contributed by atoms with Crippen LogP contribution in [0.4, 0.5) is 0 Å². The minimum Gasteiger partial charge on any atom is -0.496 e. The van der Waals surface area contributed by atoms with Gasteiger partial charge in [-0.05, 0) is 37.3 Å². The van der Waals surface area contributed by atoms with Crippen LogP contribution in [0.5, 0.6) is 28.7 Å². The third-order valence-electron chi connectivity index (χ3n) is 6.14. The molecule has 0 spiro atoms. The van der Waals surface area contributed by atoms with Gasteiger partial charge in [-0.2, -0.15) is 0 Å². The molecule has 8 nitrogen and oxygen atoms in total. The highest BCUT2D eigenvalue weighted by Crippen LogP contribution is 2.44. The van der Waals surface area contributed by atoms with E-state index in [0.717, 1.165) is 22.6 Å². The number of rotatable bonds is 6. The third kappa shape index (κ3) is 4.17. The Morgan fingerprint density at radius 3 is 2.51 bits per heavy atom. The molecule has 2 aromatic carbocycles. The number of nitrogens with zero attached hydrogens (tertiary/aromatic N) is 2. The van der Waals surface area contributed by atoms with Gasteiger partial charge in [0.1, 0.15) is 24.0 Å². The smallest absolute Gasteiger partial charge is 0.231 e. The SMILES string of the molecule is COc1cc(OC)c(OC)cc1/C=C1\Oc2c(cc3c(c2C)OCN(Cc2ccccn2)C3)C1=O. The first-order valence-electron chi connectivity index (χ1n) is 11.2. The number of hydrogen-bond acceptors (Lipinski definition) is 8. The van der Waals surface area contributed by atoms with E-state index in [-0.39, 0.29) is 11.5 Å². The molecule has 35 heavy (non-hydrogen) atoms. The molecule has 0 saturated carbocycles. The summed E-state index contributed by atoms with van der Waals surface area (Å²) in [6.45, 7) is 3.66. The molecule has 0 N–H and O–H groups in total. The van der Waals surface area contributed by atoms with Gasteiger partial charge < -0.3 is 23.7 Å². The monoisotopic (exact) mass is 474 g/mol. The summed E-state index contributed by atoms with van der Waals surface area (Å²) >= 11 is 0. The van der Waals surface area contributed by atoms with E-state index in [4.69, 9.17) is 23.7 Å². The zero-order chi connectivity index (χ0) is 24.5. The number of fused-ring (bicyclic) bond motifs is 2. The van der Waals surface area contributed by atoms with Gasteiger partial charge in [-0.25, -0.2) is 0 Å². The number of methoxy groups -OCH3 is 3. The van der Waals surface area contributed by atoms with Crippen molar-refractivity contribution in [2.24, 2.45) is 0 Å². The largest absolute Gasteiger partial charge is 0.496 e. The van der Waals surface area contributed by atoms with Crippen molar-refractivity contribution < 1.29 is 28.5 Å². The number of pyridine rings is 1. The maximum absolute atomic E-state index is 13.3. The van der Waals surface area contributed by atoms with E-state index >= 15 is 0 Å². The Hall–Kier alpha value is -4.04. The van der Waals surface area contributed by atoms with E-state index in [9.17, 15) is 4.79 Å². The van der Waals surface area contributed by atoms with Gasteiger partial charge in [0.25, 0.3) is 0 Å². The molecule has 5 rings (SSSR count). The highest BCUT2D eigenvalue weighted by Gasteiger charge is 2.34. The van der Waals surface area contributed by atoms with Crippen molar-refractivity contribution in [3.63, 3.8) is 0 Å². The molecule has 0 bridgehead atoms. The molecule has 0 unspecified atom stereocenters. The van der Waals surface area contributed by atoms with Crippen LogP contribution in [-0.4, -0.2) is 43.7 Å². The molecule has 0 aliphatic carbocycles. The average molecular weight is 475 g/mol. The number of carbonyl (C=O) groups excluding carboxylic acids is 1. The zero-order valence-electron chi connectivity index (χ0n) is 20.1. The van der Waals surface area contributed by atoms with Gasteiger partial charge in [-0.1, -0.05) is 6.07 Å². The van der Waals surface area contributed by atoms with Crippen molar-refractivity contribution in [3.05, 3.63) is 76.3 Å². The van der Waals surface area contributed by atoms with Gasteiger partial charge in [0.05, 0.1) is 32.6 Å². The van der Waals surface area contributed by atoms with Crippen LogP contribution < -0.4 is 23.7 Å². The fraction of sp³-hybridized carbons (Fsp3) is 0.259. The van der Waals surface area contributed by atoms with E-state index in [1.807, 2.05) is 31.2 Å². The first-order chi connectivity index (χ1) is 17.0. The lowest BCUT2D eigenvalue weighted by Crippen LogP contribution is -2.32. The molecular formula is C27H26N2O6.